The van der Waals surface area contributed by atoms with Crippen LogP contribution in [0.2, 0.25) is 0 Å². The van der Waals surface area contributed by atoms with E-state index in [2.05, 4.69) is 32.6 Å². The number of rotatable bonds is 10. The number of hydrogen-bond donors (Lipinski definition) is 3. The Morgan fingerprint density at radius 1 is 1.06 bits per heavy atom. The van der Waals surface area contributed by atoms with Gasteiger partial charge in [-0.1, -0.05) is 24.6 Å². The molecule has 1 aliphatic carbocycles. The molecular weight excluding hydrogens is 621 g/mol. The number of carbonyl (C=O) groups is 1. The second-order valence-corrected chi connectivity index (χ2v) is 13.3. The number of para-hydroxylation sites is 1. The Balaban J connectivity index is 1.30. The first-order valence-electron chi connectivity index (χ1n) is 16.8. The highest BCUT2D eigenvalue weighted by Gasteiger charge is 2.34. The Morgan fingerprint density at radius 2 is 1.78 bits per heavy atom. The van der Waals surface area contributed by atoms with Crippen molar-refractivity contribution < 1.29 is 13.9 Å². The molecule has 2 aromatic carbocycles. The molecule has 5 rings (SSSR count). The molecular formula is C37H46FN9O2. The van der Waals surface area contributed by atoms with Crippen molar-refractivity contribution in [2.24, 2.45) is 21.5 Å². The number of ether oxygens (including phenoxy) is 1. The number of piperazine rings is 1. The molecule has 1 amide bonds. The van der Waals surface area contributed by atoms with Crippen molar-refractivity contribution in [3.8, 4) is 17.6 Å². The summed E-state index contributed by atoms with van der Waals surface area (Å²) in [5.74, 6) is -0.688. The average molecular weight is 668 g/mol. The van der Waals surface area contributed by atoms with Crippen LogP contribution in [0.15, 0.2) is 75.7 Å². The van der Waals surface area contributed by atoms with E-state index in [0.29, 0.717) is 31.2 Å². The molecule has 5 N–H and O–H groups in total. The number of nitrogens with zero attached hydrogens (tertiary/aromatic N) is 6. The van der Waals surface area contributed by atoms with Gasteiger partial charge in [-0.05, 0) is 76.6 Å². The highest BCUT2D eigenvalue weighted by molar-refractivity contribution is 6.26. The summed E-state index contributed by atoms with van der Waals surface area (Å²) >= 11 is 0. The number of halogens is 1. The van der Waals surface area contributed by atoms with Crippen molar-refractivity contribution >= 4 is 30.0 Å². The van der Waals surface area contributed by atoms with Gasteiger partial charge in [0.25, 0.3) is 5.91 Å². The lowest BCUT2D eigenvalue weighted by atomic mass is 9.90. The van der Waals surface area contributed by atoms with Gasteiger partial charge < -0.3 is 21.1 Å². The highest BCUT2D eigenvalue weighted by Crippen LogP contribution is 2.29. The van der Waals surface area contributed by atoms with E-state index in [1.54, 1.807) is 29.2 Å². The second-order valence-electron chi connectivity index (χ2n) is 13.3. The van der Waals surface area contributed by atoms with Crippen LogP contribution in [0.5, 0.6) is 11.5 Å². The molecule has 49 heavy (non-hydrogen) atoms. The van der Waals surface area contributed by atoms with E-state index in [-0.39, 0.29) is 52.3 Å². The molecule has 2 aromatic rings. The third-order valence-electron chi connectivity index (χ3n) is 9.70. The Labute approximate surface area is 287 Å². The number of nitrogens with two attached hydrogens (primary N) is 2. The number of hydrogen-bond acceptors (Lipinski definition) is 8. The topological polar surface area (TPSA) is 160 Å². The monoisotopic (exact) mass is 667 g/mol. The molecule has 1 saturated carbocycles. The van der Waals surface area contributed by atoms with Gasteiger partial charge in [-0.15, -0.1) is 0 Å². The summed E-state index contributed by atoms with van der Waals surface area (Å²) in [4.78, 5) is 28.5. The lowest BCUT2D eigenvalue weighted by Gasteiger charge is -2.47. The van der Waals surface area contributed by atoms with Gasteiger partial charge in [0.2, 0.25) is 0 Å². The molecule has 2 heterocycles. The normalized spacial score (nSPS) is 20.5. The molecule has 12 heteroatoms. The molecule has 0 spiro atoms. The lowest BCUT2D eigenvalue weighted by Crippen LogP contribution is -2.57. The van der Waals surface area contributed by atoms with E-state index in [4.69, 9.17) is 21.6 Å². The Kier molecular flexibility index (Phi) is 11.3. The van der Waals surface area contributed by atoms with Gasteiger partial charge in [0.1, 0.15) is 34.8 Å². The molecule has 2 saturated heterocycles. The number of carbonyl (C=O) groups excluding carboxylic acids is 1. The van der Waals surface area contributed by atoms with Gasteiger partial charge in [0.15, 0.2) is 5.84 Å². The predicted octanol–water partition coefficient (Wildman–Crippen LogP) is 4.71. The zero-order chi connectivity index (χ0) is 35.1. The summed E-state index contributed by atoms with van der Waals surface area (Å²) in [5, 5.41) is 18.5. The number of amidine groups is 2. The second kappa shape index (κ2) is 15.6. The third kappa shape index (κ3) is 8.42. The standard InChI is InChI=1S/C37H46FN9O2/c1-37(2,47-19-17-45(18-20-47)27-10-7-11-27)22-25(23-39)36(48)46-16-8-9-26(24-46)44-35(42)32(34(41)43-3)33(40)30-15-14-29(21-31(30)38)49-28-12-5-4-6-13-28/h4-6,12-15,21-22,26-27,41H,3,7-11,16-20,24,40H2,1-2H3,(H2,42,44). The van der Waals surface area contributed by atoms with Crippen molar-refractivity contribution in [3.05, 3.63) is 77.1 Å². The average Bonchev–Trinajstić information content (AvgIpc) is 3.07. The molecule has 0 bridgehead atoms. The number of benzene rings is 2. The van der Waals surface area contributed by atoms with E-state index < -0.39 is 17.4 Å². The largest absolute Gasteiger partial charge is 0.457 e. The van der Waals surface area contributed by atoms with Crippen LogP contribution in [0.1, 0.15) is 51.5 Å². The minimum atomic E-state index is -0.679. The van der Waals surface area contributed by atoms with Gasteiger partial charge in [-0.3, -0.25) is 25.0 Å². The zero-order valence-corrected chi connectivity index (χ0v) is 28.4. The summed E-state index contributed by atoms with van der Waals surface area (Å²) in [6.07, 6.45) is 6.91. The smallest absolute Gasteiger partial charge is 0.264 e. The highest BCUT2D eigenvalue weighted by atomic mass is 19.1. The summed E-state index contributed by atoms with van der Waals surface area (Å²) in [5.41, 5.74) is 12.3. The Hall–Kier alpha value is -4.86. The van der Waals surface area contributed by atoms with E-state index in [9.17, 15) is 10.1 Å². The number of nitriles is 1. The molecule has 1 unspecified atom stereocenters. The van der Waals surface area contributed by atoms with Crippen LogP contribution >= 0.6 is 0 Å². The SMILES string of the molecule is C=NC(=N)C(C(N)=NC1CCCN(C(=O)C(C#N)=CC(C)(C)N2CCN(C3CCC3)CC2)C1)=C(N)c1ccc(Oc2ccccc2)cc1F. The molecule has 3 aliphatic rings. The first-order valence-corrected chi connectivity index (χ1v) is 16.8. The van der Waals surface area contributed by atoms with Crippen LogP contribution in [0.4, 0.5) is 4.39 Å². The lowest BCUT2D eigenvalue weighted by molar-refractivity contribution is -0.127. The van der Waals surface area contributed by atoms with Gasteiger partial charge in [0, 0.05) is 62.5 Å². The first kappa shape index (κ1) is 35.4. The fraction of sp³-hybridized carbons (Fsp3) is 0.432. The number of likely N-dealkylation sites (tertiary alicyclic amines) is 1. The van der Waals surface area contributed by atoms with Crippen molar-refractivity contribution in [2.45, 2.75) is 63.6 Å². The minimum Gasteiger partial charge on any atom is -0.457 e. The summed E-state index contributed by atoms with van der Waals surface area (Å²) in [7, 11) is 0. The van der Waals surface area contributed by atoms with Crippen molar-refractivity contribution in [1.82, 2.24) is 14.7 Å². The molecule has 0 radical (unpaired) electrons. The van der Waals surface area contributed by atoms with Gasteiger partial charge in [0.05, 0.1) is 17.3 Å². The van der Waals surface area contributed by atoms with Crippen LogP contribution in [0, 0.1) is 22.6 Å². The van der Waals surface area contributed by atoms with E-state index >= 15 is 4.39 Å². The molecule has 3 fully saturated rings. The van der Waals surface area contributed by atoms with Crippen LogP contribution < -0.4 is 16.2 Å². The van der Waals surface area contributed by atoms with E-state index in [1.807, 2.05) is 32.0 Å². The number of piperidine rings is 1. The Morgan fingerprint density at radius 3 is 2.39 bits per heavy atom. The fourth-order valence-electron chi connectivity index (χ4n) is 6.68. The number of nitrogens with one attached hydrogen (secondary N) is 1. The van der Waals surface area contributed by atoms with Gasteiger partial charge in [-0.25, -0.2) is 9.38 Å². The van der Waals surface area contributed by atoms with Crippen LogP contribution in [-0.2, 0) is 4.79 Å². The van der Waals surface area contributed by atoms with Crippen LogP contribution in [-0.4, -0.2) is 95.9 Å². The Bertz CT molecular complexity index is 1680. The zero-order valence-electron chi connectivity index (χ0n) is 28.4. The summed E-state index contributed by atoms with van der Waals surface area (Å²) < 4.78 is 21.1. The van der Waals surface area contributed by atoms with Gasteiger partial charge in [-0.2, -0.15) is 5.26 Å². The summed E-state index contributed by atoms with van der Waals surface area (Å²) in [6.45, 7) is 12.0. The van der Waals surface area contributed by atoms with E-state index in [0.717, 1.165) is 26.2 Å². The molecule has 258 valence electrons. The molecule has 0 aromatic heterocycles. The maximum absolute atomic E-state index is 15.3. The van der Waals surface area contributed by atoms with E-state index in [1.165, 1.54) is 31.4 Å². The first-order chi connectivity index (χ1) is 23.5. The predicted molar refractivity (Wildman–Crippen MR) is 191 cm³/mol. The molecule has 11 nitrogen and oxygen atoms in total. The van der Waals surface area contributed by atoms with Crippen LogP contribution in [0.25, 0.3) is 5.70 Å². The molecule has 2 aliphatic heterocycles. The quantitative estimate of drug-likeness (QED) is 0.143. The fourth-order valence-corrected chi connectivity index (χ4v) is 6.68. The maximum Gasteiger partial charge on any atom is 0.264 e. The van der Waals surface area contributed by atoms with Crippen LogP contribution in [0.3, 0.4) is 0 Å². The van der Waals surface area contributed by atoms with Gasteiger partial charge >= 0.3 is 0 Å². The number of amides is 1. The van der Waals surface area contributed by atoms with Crippen molar-refractivity contribution in [3.63, 3.8) is 0 Å². The van der Waals surface area contributed by atoms with Crippen molar-refractivity contribution in [2.75, 3.05) is 39.3 Å². The number of aliphatic imine (C=N–C) groups is 2. The summed E-state index contributed by atoms with van der Waals surface area (Å²) in [6, 6.07) is 15.6. The minimum absolute atomic E-state index is 0.00160. The maximum atomic E-state index is 15.3. The molecule has 1 atom stereocenters. The van der Waals surface area contributed by atoms with Crippen molar-refractivity contribution in [1.29, 1.82) is 10.7 Å². The third-order valence-corrected chi connectivity index (χ3v) is 9.70.